The first kappa shape index (κ1) is 11.8. The predicted octanol–water partition coefficient (Wildman–Crippen LogP) is 0.982. The first-order valence-corrected chi connectivity index (χ1v) is 6.87. The molecule has 0 aromatic heterocycles. The minimum atomic E-state index is 0.164. The van der Waals surface area contributed by atoms with Gasteiger partial charge in [-0.1, -0.05) is 25.6 Å². The Bertz CT molecular complexity index is 304. The van der Waals surface area contributed by atoms with E-state index in [-0.39, 0.29) is 11.9 Å². The van der Waals surface area contributed by atoms with Crippen molar-refractivity contribution in [1.29, 1.82) is 0 Å². The SMILES string of the molecule is CC(C)[C@H]1CSC(=NCC2CCC(=O)N2)N1. The Morgan fingerprint density at radius 2 is 2.31 bits per heavy atom. The summed E-state index contributed by atoms with van der Waals surface area (Å²) in [6, 6.07) is 0.794. The fourth-order valence-corrected chi connectivity index (χ4v) is 3.07. The normalized spacial score (nSPS) is 32.2. The van der Waals surface area contributed by atoms with E-state index in [9.17, 15) is 4.79 Å². The molecule has 0 aromatic rings. The summed E-state index contributed by atoms with van der Waals surface area (Å²) in [6.45, 7) is 5.16. The van der Waals surface area contributed by atoms with Gasteiger partial charge in [-0.2, -0.15) is 0 Å². The van der Waals surface area contributed by atoms with E-state index in [1.165, 1.54) is 0 Å². The van der Waals surface area contributed by atoms with E-state index in [1.54, 1.807) is 11.8 Å². The van der Waals surface area contributed by atoms with Crippen molar-refractivity contribution in [3.05, 3.63) is 0 Å². The lowest BCUT2D eigenvalue weighted by molar-refractivity contribution is -0.119. The van der Waals surface area contributed by atoms with Gasteiger partial charge < -0.3 is 10.6 Å². The van der Waals surface area contributed by atoms with Crippen LogP contribution >= 0.6 is 11.8 Å². The summed E-state index contributed by atoms with van der Waals surface area (Å²) in [5.74, 6) is 1.91. The van der Waals surface area contributed by atoms with Gasteiger partial charge in [0.25, 0.3) is 0 Å². The average molecular weight is 241 g/mol. The predicted molar refractivity (Wildman–Crippen MR) is 67.7 cm³/mol. The highest BCUT2D eigenvalue weighted by Crippen LogP contribution is 2.19. The molecule has 0 radical (unpaired) electrons. The van der Waals surface area contributed by atoms with Crippen LogP contribution in [0, 0.1) is 5.92 Å². The van der Waals surface area contributed by atoms with Crippen molar-refractivity contribution in [1.82, 2.24) is 10.6 Å². The van der Waals surface area contributed by atoms with Gasteiger partial charge in [-0.05, 0) is 12.3 Å². The number of rotatable bonds is 3. The highest BCUT2D eigenvalue weighted by molar-refractivity contribution is 8.14. The Hall–Kier alpha value is -0.710. The first-order chi connectivity index (χ1) is 7.65. The van der Waals surface area contributed by atoms with Gasteiger partial charge in [0, 0.05) is 24.3 Å². The molecular formula is C11H19N3OS. The molecule has 0 spiro atoms. The smallest absolute Gasteiger partial charge is 0.220 e. The van der Waals surface area contributed by atoms with E-state index in [1.807, 2.05) is 0 Å². The van der Waals surface area contributed by atoms with Gasteiger partial charge >= 0.3 is 0 Å². The fourth-order valence-electron chi connectivity index (χ4n) is 1.87. The monoisotopic (exact) mass is 241 g/mol. The summed E-state index contributed by atoms with van der Waals surface area (Å²) < 4.78 is 0. The Kier molecular flexibility index (Phi) is 3.74. The largest absolute Gasteiger partial charge is 0.361 e. The molecule has 0 bridgehead atoms. The van der Waals surface area contributed by atoms with Crippen molar-refractivity contribution >= 4 is 22.8 Å². The Labute approximate surface area is 101 Å². The van der Waals surface area contributed by atoms with Gasteiger partial charge in [0.2, 0.25) is 5.91 Å². The van der Waals surface area contributed by atoms with Gasteiger partial charge in [0.15, 0.2) is 5.17 Å². The van der Waals surface area contributed by atoms with Crippen molar-refractivity contribution < 1.29 is 4.79 Å². The van der Waals surface area contributed by atoms with Crippen LogP contribution in [0.5, 0.6) is 0 Å². The Balaban J connectivity index is 1.78. The molecule has 2 N–H and O–H groups in total. The maximum atomic E-state index is 11.0. The van der Waals surface area contributed by atoms with Gasteiger partial charge in [-0.15, -0.1) is 0 Å². The summed E-state index contributed by atoms with van der Waals surface area (Å²) >= 11 is 1.79. The topological polar surface area (TPSA) is 53.5 Å². The molecule has 2 saturated heterocycles. The zero-order chi connectivity index (χ0) is 11.5. The third-order valence-corrected chi connectivity index (χ3v) is 4.10. The van der Waals surface area contributed by atoms with Crippen molar-refractivity contribution in [3.8, 4) is 0 Å². The molecule has 5 heteroatoms. The van der Waals surface area contributed by atoms with Crippen LogP contribution < -0.4 is 10.6 Å². The van der Waals surface area contributed by atoms with E-state index >= 15 is 0 Å². The van der Waals surface area contributed by atoms with Crippen LogP contribution in [0.4, 0.5) is 0 Å². The Morgan fingerprint density at radius 3 is 2.88 bits per heavy atom. The molecule has 1 unspecified atom stereocenters. The Morgan fingerprint density at radius 1 is 1.50 bits per heavy atom. The standard InChI is InChI=1S/C11H19N3OS/c1-7(2)9-6-16-11(14-9)12-5-8-3-4-10(15)13-8/h7-9H,3-6H2,1-2H3,(H,12,14)(H,13,15)/t8?,9-/m1/s1. The number of amides is 1. The molecule has 0 aromatic carbocycles. The number of thioether (sulfide) groups is 1. The maximum Gasteiger partial charge on any atom is 0.220 e. The zero-order valence-corrected chi connectivity index (χ0v) is 10.6. The van der Waals surface area contributed by atoms with Gasteiger partial charge in [-0.25, -0.2) is 0 Å². The summed E-state index contributed by atoms with van der Waals surface area (Å²) in [7, 11) is 0. The van der Waals surface area contributed by atoms with Crippen LogP contribution in [0.1, 0.15) is 26.7 Å². The number of hydrogen-bond acceptors (Lipinski definition) is 3. The third-order valence-electron chi connectivity index (χ3n) is 3.05. The molecule has 2 heterocycles. The molecule has 1 amide bonds. The number of nitrogens with one attached hydrogen (secondary N) is 2. The summed E-state index contributed by atoms with van der Waals surface area (Å²) in [6.07, 6.45) is 1.58. The lowest BCUT2D eigenvalue weighted by Crippen LogP contribution is -2.33. The number of amidine groups is 1. The van der Waals surface area contributed by atoms with Crippen molar-refractivity contribution in [2.24, 2.45) is 10.9 Å². The van der Waals surface area contributed by atoms with Crippen LogP contribution in [0.15, 0.2) is 4.99 Å². The number of aliphatic imine (C=N–C) groups is 1. The maximum absolute atomic E-state index is 11.0. The molecule has 2 rings (SSSR count). The molecule has 90 valence electrons. The number of carbonyl (C=O) groups excluding carboxylic acids is 1. The van der Waals surface area contributed by atoms with Crippen molar-refractivity contribution in [3.63, 3.8) is 0 Å². The minimum absolute atomic E-state index is 0.164. The van der Waals surface area contributed by atoms with Crippen molar-refractivity contribution in [2.75, 3.05) is 12.3 Å². The number of hydrogen-bond donors (Lipinski definition) is 2. The molecule has 2 aliphatic heterocycles. The zero-order valence-electron chi connectivity index (χ0n) is 9.82. The second kappa shape index (κ2) is 5.08. The molecule has 2 fully saturated rings. The molecule has 0 aliphatic carbocycles. The lowest BCUT2D eigenvalue weighted by atomic mass is 10.1. The quantitative estimate of drug-likeness (QED) is 0.774. The molecule has 2 atom stereocenters. The second-order valence-electron chi connectivity index (χ2n) is 4.75. The molecule has 4 nitrogen and oxygen atoms in total. The van der Waals surface area contributed by atoms with Crippen molar-refractivity contribution in [2.45, 2.75) is 38.8 Å². The van der Waals surface area contributed by atoms with E-state index in [0.717, 1.165) is 17.3 Å². The second-order valence-corrected chi connectivity index (χ2v) is 5.76. The van der Waals surface area contributed by atoms with Crippen LogP contribution in [-0.4, -0.2) is 35.5 Å². The van der Waals surface area contributed by atoms with Crippen LogP contribution in [-0.2, 0) is 4.79 Å². The summed E-state index contributed by atoms with van der Waals surface area (Å²) in [4.78, 5) is 15.5. The fraction of sp³-hybridized carbons (Fsp3) is 0.818. The molecular weight excluding hydrogens is 222 g/mol. The first-order valence-electron chi connectivity index (χ1n) is 5.88. The number of carbonyl (C=O) groups is 1. The van der Waals surface area contributed by atoms with E-state index in [2.05, 4.69) is 29.5 Å². The molecule has 16 heavy (non-hydrogen) atoms. The third kappa shape index (κ3) is 2.90. The van der Waals surface area contributed by atoms with Crippen LogP contribution in [0.3, 0.4) is 0 Å². The average Bonchev–Trinajstić information content (AvgIpc) is 2.83. The van der Waals surface area contributed by atoms with Gasteiger partial charge in [0.05, 0.1) is 6.54 Å². The lowest BCUT2D eigenvalue weighted by Gasteiger charge is -2.13. The minimum Gasteiger partial charge on any atom is -0.361 e. The summed E-state index contributed by atoms with van der Waals surface area (Å²) in [5.41, 5.74) is 0. The molecule has 0 saturated carbocycles. The van der Waals surface area contributed by atoms with E-state index in [0.29, 0.717) is 24.9 Å². The van der Waals surface area contributed by atoms with Crippen LogP contribution in [0.25, 0.3) is 0 Å². The van der Waals surface area contributed by atoms with Gasteiger partial charge in [-0.3, -0.25) is 9.79 Å². The summed E-state index contributed by atoms with van der Waals surface area (Å²) in [5, 5.41) is 7.40. The van der Waals surface area contributed by atoms with E-state index in [4.69, 9.17) is 0 Å². The van der Waals surface area contributed by atoms with Gasteiger partial charge in [0.1, 0.15) is 0 Å². The van der Waals surface area contributed by atoms with Crippen LogP contribution in [0.2, 0.25) is 0 Å². The highest BCUT2D eigenvalue weighted by atomic mass is 32.2. The molecule has 2 aliphatic rings. The highest BCUT2D eigenvalue weighted by Gasteiger charge is 2.24. The van der Waals surface area contributed by atoms with E-state index < -0.39 is 0 Å². The number of nitrogens with zero attached hydrogens (tertiary/aromatic N) is 1.